The van der Waals surface area contributed by atoms with E-state index < -0.39 is 23.0 Å². The molecule has 2 N–H and O–H groups in total. The molecule has 55 heavy (non-hydrogen) atoms. The van der Waals surface area contributed by atoms with Gasteiger partial charge in [-0.1, -0.05) is 99.7 Å². The zero-order chi connectivity index (χ0) is 39.2. The van der Waals surface area contributed by atoms with E-state index in [2.05, 4.69) is 78.0 Å². The molecule has 0 aliphatic carbocycles. The Morgan fingerprint density at radius 1 is 0.873 bits per heavy atom. The number of hydrogen-bond donors (Lipinski definition) is 2. The molecule has 2 aliphatic rings. The first-order valence-corrected chi connectivity index (χ1v) is 19.5. The van der Waals surface area contributed by atoms with Crippen LogP contribution < -0.4 is 5.32 Å². The van der Waals surface area contributed by atoms with Crippen molar-refractivity contribution in [2.24, 2.45) is 0 Å². The normalized spacial score (nSPS) is 17.3. The Morgan fingerprint density at radius 2 is 1.53 bits per heavy atom. The molecule has 1 unspecified atom stereocenters. The summed E-state index contributed by atoms with van der Waals surface area (Å²) >= 11 is 0. The van der Waals surface area contributed by atoms with Gasteiger partial charge in [-0.3, -0.25) is 14.4 Å². The quantitative estimate of drug-likeness (QED) is 0.113. The molecule has 2 aromatic carbocycles. The van der Waals surface area contributed by atoms with Crippen LogP contribution in [0.1, 0.15) is 100 Å². The van der Waals surface area contributed by atoms with Crippen molar-refractivity contribution in [1.29, 1.82) is 0 Å². The van der Waals surface area contributed by atoms with Gasteiger partial charge in [0.25, 0.3) is 11.8 Å². The lowest BCUT2D eigenvalue weighted by Gasteiger charge is -2.29. The summed E-state index contributed by atoms with van der Waals surface area (Å²) in [6.45, 7) is 7.28. The first-order chi connectivity index (χ1) is 26.6. The van der Waals surface area contributed by atoms with Gasteiger partial charge in [-0.15, -0.1) is 0 Å². The Hall–Kier alpha value is -5.31. The second kappa shape index (κ2) is 19.9. The number of halogens is 2. The number of unbranched alkanes of at least 4 members (excludes halogenated alkanes) is 1. The maximum atomic E-state index is 14.2. The number of allylic oxidation sites excluding steroid dienone is 10. The van der Waals surface area contributed by atoms with Gasteiger partial charge in [0.15, 0.2) is 11.6 Å². The fraction of sp³-hybridized carbons (Fsp3) is 0.370. The largest absolute Gasteiger partial charge is 0.354 e. The molecule has 0 bridgehead atoms. The van der Waals surface area contributed by atoms with E-state index in [0.29, 0.717) is 31.6 Å². The van der Waals surface area contributed by atoms with Crippen molar-refractivity contribution in [1.82, 2.24) is 20.1 Å². The maximum Gasteiger partial charge on any atom is 0.257 e. The number of benzene rings is 2. The Bertz CT molecular complexity index is 2000. The van der Waals surface area contributed by atoms with Gasteiger partial charge in [-0.25, -0.2) is 8.78 Å². The molecule has 1 aromatic heterocycles. The summed E-state index contributed by atoms with van der Waals surface area (Å²) in [5.74, 6) is -3.02. The second-order valence-electron chi connectivity index (χ2n) is 14.8. The third-order valence-electron chi connectivity index (χ3n) is 9.97. The van der Waals surface area contributed by atoms with Gasteiger partial charge in [0.2, 0.25) is 5.91 Å². The average molecular weight is 749 g/mol. The number of nitrogens with zero attached hydrogens (tertiary/aromatic N) is 2. The first-order valence-electron chi connectivity index (χ1n) is 19.5. The highest BCUT2D eigenvalue weighted by Crippen LogP contribution is 2.40. The number of nitrogens with one attached hydrogen (secondary N) is 2. The minimum atomic E-state index is -1.12. The molecule has 9 heteroatoms. The van der Waals surface area contributed by atoms with Gasteiger partial charge in [-0.05, 0) is 81.2 Å². The van der Waals surface area contributed by atoms with E-state index in [-0.39, 0.29) is 35.5 Å². The third-order valence-corrected chi connectivity index (χ3v) is 9.97. The van der Waals surface area contributed by atoms with Gasteiger partial charge in [0.1, 0.15) is 0 Å². The third kappa shape index (κ3) is 11.1. The van der Waals surface area contributed by atoms with Crippen LogP contribution >= 0.6 is 0 Å². The smallest absolute Gasteiger partial charge is 0.257 e. The fourth-order valence-electron chi connectivity index (χ4n) is 7.18. The van der Waals surface area contributed by atoms with Gasteiger partial charge >= 0.3 is 0 Å². The number of hydrogen-bond acceptors (Lipinski definition) is 3. The lowest BCUT2D eigenvalue weighted by Crippen LogP contribution is -2.39. The fourth-order valence-corrected chi connectivity index (χ4v) is 7.18. The van der Waals surface area contributed by atoms with E-state index in [0.717, 1.165) is 73.5 Å². The Labute approximate surface area is 324 Å². The van der Waals surface area contributed by atoms with Crippen molar-refractivity contribution < 1.29 is 23.2 Å². The molecule has 1 atom stereocenters. The summed E-state index contributed by atoms with van der Waals surface area (Å²) in [6.07, 6.45) is 30.6. The van der Waals surface area contributed by atoms with Gasteiger partial charge in [-0.2, -0.15) is 0 Å². The number of para-hydroxylation sites is 1. The SMILES string of the molecule is CCC=CCC=CCC=CCC=CCC=CCCCC(=O)N1CCC(NC(=O)C2=CN(C(=O)c3ccc(F)c(F)c3)CC(C)(C)c3c2[nH]c2ccccc32)C1. The number of aromatic nitrogens is 1. The number of amides is 3. The molecule has 7 nitrogen and oxygen atoms in total. The van der Waals surface area contributed by atoms with Crippen LogP contribution in [0.3, 0.4) is 0 Å². The number of rotatable bonds is 16. The van der Waals surface area contributed by atoms with Crippen molar-refractivity contribution in [2.45, 2.75) is 90.0 Å². The van der Waals surface area contributed by atoms with Gasteiger partial charge in [0, 0.05) is 60.2 Å². The zero-order valence-electron chi connectivity index (χ0n) is 32.3. The number of likely N-dealkylation sites (tertiary alicyclic amines) is 1. The van der Waals surface area contributed by atoms with E-state index >= 15 is 0 Å². The van der Waals surface area contributed by atoms with Crippen LogP contribution in [0, 0.1) is 11.6 Å². The van der Waals surface area contributed by atoms with Crippen molar-refractivity contribution >= 4 is 34.2 Å². The molecule has 5 rings (SSSR count). The zero-order valence-corrected chi connectivity index (χ0v) is 32.3. The van der Waals surface area contributed by atoms with Crippen molar-refractivity contribution in [3.63, 3.8) is 0 Å². The predicted molar refractivity (Wildman–Crippen MR) is 218 cm³/mol. The van der Waals surface area contributed by atoms with E-state index in [9.17, 15) is 23.2 Å². The molecule has 0 saturated carbocycles. The number of fused-ring (bicyclic) bond motifs is 3. The molecule has 0 spiro atoms. The van der Waals surface area contributed by atoms with Crippen molar-refractivity contribution in [3.8, 4) is 0 Å². The maximum absolute atomic E-state index is 14.2. The molecule has 2 aliphatic heterocycles. The monoisotopic (exact) mass is 748 g/mol. The van der Waals surface area contributed by atoms with Crippen molar-refractivity contribution in [3.05, 3.63) is 138 Å². The summed E-state index contributed by atoms with van der Waals surface area (Å²) in [5.41, 5.74) is 1.97. The molecule has 3 heterocycles. The van der Waals surface area contributed by atoms with E-state index in [1.54, 1.807) is 0 Å². The second-order valence-corrected chi connectivity index (χ2v) is 14.8. The highest BCUT2D eigenvalue weighted by molar-refractivity contribution is 6.21. The van der Waals surface area contributed by atoms with Crippen LogP contribution in [-0.4, -0.2) is 58.2 Å². The minimum absolute atomic E-state index is 0.0209. The van der Waals surface area contributed by atoms with Crippen LogP contribution in [0.25, 0.3) is 16.5 Å². The standard InChI is InChI=1S/C46H54F2N4O3/c1-4-5-6-7-8-9-10-11-12-13-14-15-16-17-18-19-20-25-41(53)51-29-28-35(31-51)49-44(54)37-32-52(45(55)34-26-27-38(47)39(48)30-34)33-46(2,3)42-36-23-21-22-24-40(36)50-43(37)42/h5-6,8-9,11-12,14-15,17-18,21-24,26-27,30,32,35,50H,4,7,10,13,16,19-20,25,28-29,31,33H2,1-3H3,(H,49,54). The summed E-state index contributed by atoms with van der Waals surface area (Å²) in [5, 5.41) is 4.06. The van der Waals surface area contributed by atoms with Crippen LogP contribution in [0.5, 0.6) is 0 Å². The predicted octanol–water partition coefficient (Wildman–Crippen LogP) is 9.86. The first kappa shape index (κ1) is 40.9. The van der Waals surface area contributed by atoms with Crippen LogP contribution in [0.15, 0.2) is 109 Å². The van der Waals surface area contributed by atoms with E-state index in [1.165, 1.54) is 17.2 Å². The molecule has 3 aromatic rings. The highest BCUT2D eigenvalue weighted by atomic mass is 19.2. The molecule has 1 fully saturated rings. The Kier molecular flexibility index (Phi) is 14.7. The van der Waals surface area contributed by atoms with E-state index in [1.807, 2.05) is 43.0 Å². The molecule has 3 amide bonds. The number of carbonyl (C=O) groups excluding carboxylic acids is 3. The van der Waals surface area contributed by atoms with Gasteiger partial charge in [0.05, 0.1) is 11.3 Å². The summed E-state index contributed by atoms with van der Waals surface area (Å²) in [7, 11) is 0. The van der Waals surface area contributed by atoms with Crippen LogP contribution in [0.4, 0.5) is 8.78 Å². The number of carbonyl (C=O) groups is 3. The highest BCUT2D eigenvalue weighted by Gasteiger charge is 2.38. The van der Waals surface area contributed by atoms with Crippen LogP contribution in [0.2, 0.25) is 0 Å². The molecular weight excluding hydrogens is 695 g/mol. The number of aromatic amines is 1. The van der Waals surface area contributed by atoms with Crippen LogP contribution in [-0.2, 0) is 15.0 Å². The molecule has 0 radical (unpaired) electrons. The average Bonchev–Trinajstić information content (AvgIpc) is 3.78. The summed E-state index contributed by atoms with van der Waals surface area (Å²) in [4.78, 5) is 47.5. The lowest BCUT2D eigenvalue weighted by molar-refractivity contribution is -0.130. The molecule has 1 saturated heterocycles. The lowest BCUT2D eigenvalue weighted by atomic mass is 9.81. The Balaban J connectivity index is 1.13. The summed E-state index contributed by atoms with van der Waals surface area (Å²) in [6, 6.07) is 10.6. The van der Waals surface area contributed by atoms with Crippen molar-refractivity contribution in [2.75, 3.05) is 19.6 Å². The summed E-state index contributed by atoms with van der Waals surface area (Å²) < 4.78 is 27.9. The molecule has 290 valence electrons. The topological polar surface area (TPSA) is 85.5 Å². The minimum Gasteiger partial charge on any atom is -0.354 e. The molecular formula is C46H54F2N4O3. The number of H-pyrrole nitrogens is 1. The van der Waals surface area contributed by atoms with E-state index in [4.69, 9.17) is 0 Å². The Morgan fingerprint density at radius 3 is 2.20 bits per heavy atom. The van der Waals surface area contributed by atoms with Gasteiger partial charge < -0.3 is 20.1 Å².